The predicted molar refractivity (Wildman–Crippen MR) is 52.0 cm³/mol. The molecule has 0 aromatic heterocycles. The van der Waals surface area contributed by atoms with Crippen molar-refractivity contribution in [2.24, 2.45) is 0 Å². The average Bonchev–Trinajstić information content (AvgIpc) is 2.08. The molecule has 0 saturated heterocycles. The van der Waals surface area contributed by atoms with E-state index in [1.54, 1.807) is 31.2 Å². The third-order valence-electron chi connectivity index (χ3n) is 1.80. The zero-order valence-electron chi connectivity index (χ0n) is 7.30. The molecule has 2 atom stereocenters. The first-order valence-electron chi connectivity index (χ1n) is 3.97. The molecule has 2 unspecified atom stereocenters. The monoisotopic (exact) mass is 200 g/mol. The number of phenols is 1. The van der Waals surface area contributed by atoms with Gasteiger partial charge < -0.3 is 9.66 Å². The van der Waals surface area contributed by atoms with Crippen LogP contribution in [0.25, 0.3) is 0 Å². The molecular weight excluding hydrogens is 188 g/mol. The van der Waals surface area contributed by atoms with Crippen LogP contribution in [0.2, 0.25) is 0 Å². The van der Waals surface area contributed by atoms with Crippen LogP contribution in [0.3, 0.4) is 0 Å². The minimum atomic E-state index is -1.78. The van der Waals surface area contributed by atoms with E-state index in [4.69, 9.17) is 9.66 Å². The van der Waals surface area contributed by atoms with Gasteiger partial charge in [0.2, 0.25) is 0 Å². The van der Waals surface area contributed by atoms with Gasteiger partial charge in [0.15, 0.2) is 11.1 Å². The van der Waals surface area contributed by atoms with E-state index in [9.17, 15) is 4.21 Å². The van der Waals surface area contributed by atoms with E-state index in [1.165, 1.54) is 0 Å². The average molecular weight is 200 g/mol. The second kappa shape index (κ2) is 4.39. The fraction of sp³-hybridized carbons (Fsp3) is 0.333. The minimum absolute atomic E-state index is 0.210. The van der Waals surface area contributed by atoms with Gasteiger partial charge in [0.1, 0.15) is 5.75 Å². The van der Waals surface area contributed by atoms with E-state index in [-0.39, 0.29) is 11.0 Å². The van der Waals surface area contributed by atoms with Crippen molar-refractivity contribution in [3.8, 4) is 5.75 Å². The van der Waals surface area contributed by atoms with Crippen LogP contribution in [-0.2, 0) is 17.5 Å². The van der Waals surface area contributed by atoms with E-state index < -0.39 is 11.1 Å². The number of phenolic OH excluding ortho intramolecular Hbond substituents is 1. The summed E-state index contributed by atoms with van der Waals surface area (Å²) in [6.07, 6.45) is 0.545. The molecule has 1 rings (SSSR count). The van der Waals surface area contributed by atoms with Crippen molar-refractivity contribution >= 4 is 11.1 Å². The Morgan fingerprint density at radius 3 is 2.38 bits per heavy atom. The van der Waals surface area contributed by atoms with E-state index in [0.717, 1.165) is 5.56 Å². The first-order valence-corrected chi connectivity index (χ1v) is 5.14. The Labute approximate surface area is 79.7 Å². The van der Waals surface area contributed by atoms with Gasteiger partial charge in [-0.15, -0.1) is 0 Å². The highest BCUT2D eigenvalue weighted by molar-refractivity contribution is 7.79. The Morgan fingerprint density at radius 2 is 1.92 bits per heavy atom. The van der Waals surface area contributed by atoms with Gasteiger partial charge in [-0.3, -0.25) is 0 Å². The molecule has 0 spiro atoms. The SMILES string of the molecule is CC(Cc1ccc(O)cc1)S(=O)O. The molecule has 0 bridgehead atoms. The Hall–Kier alpha value is -0.870. The molecule has 1 aromatic rings. The fourth-order valence-corrected chi connectivity index (χ4v) is 1.37. The molecule has 13 heavy (non-hydrogen) atoms. The van der Waals surface area contributed by atoms with Crippen molar-refractivity contribution in [2.75, 3.05) is 0 Å². The summed E-state index contributed by atoms with van der Waals surface area (Å²) in [6, 6.07) is 6.64. The van der Waals surface area contributed by atoms with Crippen LogP contribution in [0.5, 0.6) is 5.75 Å². The third kappa shape index (κ3) is 3.16. The van der Waals surface area contributed by atoms with Gasteiger partial charge in [-0.2, -0.15) is 0 Å². The summed E-state index contributed by atoms with van der Waals surface area (Å²) in [5.41, 5.74) is 0.952. The van der Waals surface area contributed by atoms with Crippen molar-refractivity contribution in [1.82, 2.24) is 0 Å². The van der Waals surface area contributed by atoms with Crippen LogP contribution in [0.4, 0.5) is 0 Å². The molecule has 0 aliphatic heterocycles. The largest absolute Gasteiger partial charge is 0.508 e. The predicted octanol–water partition coefficient (Wildman–Crippen LogP) is 1.54. The lowest BCUT2D eigenvalue weighted by molar-refractivity contribution is 0.475. The highest BCUT2D eigenvalue weighted by atomic mass is 32.2. The Balaban J connectivity index is 2.64. The van der Waals surface area contributed by atoms with Gasteiger partial charge in [-0.25, -0.2) is 4.21 Å². The summed E-state index contributed by atoms with van der Waals surface area (Å²) in [6.45, 7) is 1.71. The van der Waals surface area contributed by atoms with Crippen molar-refractivity contribution in [2.45, 2.75) is 18.6 Å². The van der Waals surface area contributed by atoms with Crippen LogP contribution < -0.4 is 0 Å². The lowest BCUT2D eigenvalue weighted by Gasteiger charge is -2.06. The minimum Gasteiger partial charge on any atom is -0.508 e. The van der Waals surface area contributed by atoms with Crippen LogP contribution in [0.1, 0.15) is 12.5 Å². The molecule has 0 aliphatic rings. The first-order chi connectivity index (χ1) is 6.09. The highest BCUT2D eigenvalue weighted by Crippen LogP contribution is 2.12. The summed E-state index contributed by atoms with van der Waals surface area (Å²) in [4.78, 5) is 0. The Morgan fingerprint density at radius 1 is 1.38 bits per heavy atom. The molecule has 3 nitrogen and oxygen atoms in total. The number of aromatic hydroxyl groups is 1. The number of hydrogen-bond acceptors (Lipinski definition) is 2. The van der Waals surface area contributed by atoms with Crippen molar-refractivity contribution in [1.29, 1.82) is 0 Å². The topological polar surface area (TPSA) is 57.5 Å². The second-order valence-corrected chi connectivity index (χ2v) is 4.31. The van der Waals surface area contributed by atoms with E-state index >= 15 is 0 Å². The molecule has 1 aromatic carbocycles. The molecule has 4 heteroatoms. The highest BCUT2D eigenvalue weighted by Gasteiger charge is 2.08. The first kappa shape index (κ1) is 10.2. The second-order valence-electron chi connectivity index (χ2n) is 2.96. The molecule has 0 saturated carbocycles. The standard InChI is InChI=1S/C9H12O3S/c1-7(13(11)12)6-8-2-4-9(10)5-3-8/h2-5,7,10H,6H2,1H3,(H,11,12). The van der Waals surface area contributed by atoms with Crippen molar-refractivity contribution in [3.05, 3.63) is 29.8 Å². The number of rotatable bonds is 3. The molecule has 72 valence electrons. The summed E-state index contributed by atoms with van der Waals surface area (Å²) in [5, 5.41) is 8.72. The van der Waals surface area contributed by atoms with E-state index in [0.29, 0.717) is 6.42 Å². The number of benzene rings is 1. The van der Waals surface area contributed by atoms with Gasteiger partial charge in [0.05, 0.1) is 5.25 Å². The molecule has 0 fully saturated rings. The van der Waals surface area contributed by atoms with E-state index in [2.05, 4.69) is 0 Å². The number of hydrogen-bond donors (Lipinski definition) is 2. The molecule has 0 aliphatic carbocycles. The summed E-state index contributed by atoms with van der Waals surface area (Å²) in [5.74, 6) is 0.210. The maximum Gasteiger partial charge on any atom is 0.156 e. The summed E-state index contributed by atoms with van der Waals surface area (Å²) in [7, 11) is 0. The zero-order chi connectivity index (χ0) is 9.84. The normalized spacial score (nSPS) is 15.2. The third-order valence-corrected chi connectivity index (χ3v) is 2.66. The quantitative estimate of drug-likeness (QED) is 0.728. The zero-order valence-corrected chi connectivity index (χ0v) is 8.12. The van der Waals surface area contributed by atoms with Crippen LogP contribution in [-0.4, -0.2) is 19.1 Å². The summed E-state index contributed by atoms with van der Waals surface area (Å²) >= 11 is -1.78. The van der Waals surface area contributed by atoms with E-state index in [1.807, 2.05) is 0 Å². The maximum absolute atomic E-state index is 10.6. The fourth-order valence-electron chi connectivity index (χ4n) is 1.04. The van der Waals surface area contributed by atoms with Crippen LogP contribution in [0.15, 0.2) is 24.3 Å². The Bertz CT molecular complexity index is 294. The molecule has 0 amide bonds. The van der Waals surface area contributed by atoms with Gasteiger partial charge >= 0.3 is 0 Å². The maximum atomic E-state index is 10.6. The van der Waals surface area contributed by atoms with Crippen molar-refractivity contribution < 1.29 is 13.9 Å². The lowest BCUT2D eigenvalue weighted by Crippen LogP contribution is -2.12. The van der Waals surface area contributed by atoms with Gasteiger partial charge in [-0.05, 0) is 31.0 Å². The van der Waals surface area contributed by atoms with Crippen LogP contribution >= 0.6 is 0 Å². The molecule has 2 N–H and O–H groups in total. The van der Waals surface area contributed by atoms with Gasteiger partial charge in [0.25, 0.3) is 0 Å². The Kier molecular flexibility index (Phi) is 3.45. The van der Waals surface area contributed by atoms with Gasteiger partial charge in [-0.1, -0.05) is 12.1 Å². The lowest BCUT2D eigenvalue weighted by atomic mass is 10.1. The molecule has 0 heterocycles. The van der Waals surface area contributed by atoms with Crippen LogP contribution in [0, 0.1) is 0 Å². The van der Waals surface area contributed by atoms with Crippen molar-refractivity contribution in [3.63, 3.8) is 0 Å². The molecular formula is C9H12O3S. The smallest absolute Gasteiger partial charge is 0.156 e. The molecule has 0 radical (unpaired) electrons. The summed E-state index contributed by atoms with van der Waals surface area (Å²) < 4.78 is 19.4. The van der Waals surface area contributed by atoms with Gasteiger partial charge in [0, 0.05) is 0 Å².